The smallest absolute Gasteiger partial charge is 0.416 e. The maximum absolute atomic E-state index is 13.7. The molecule has 2 aromatic carbocycles. The molecule has 4 rings (SSSR count). The number of aryl methyl sites for hydroxylation is 1. The second-order valence-corrected chi connectivity index (χ2v) is 7.17. The number of allylic oxidation sites excluding steroid dienone is 2. The summed E-state index contributed by atoms with van der Waals surface area (Å²) in [5.41, 5.74) is 1.88. The van der Waals surface area contributed by atoms with Gasteiger partial charge < -0.3 is 10.4 Å². The SMILES string of the molecule is Cc1ccc2c(c1)[C@@H]1C=CC[C@@H]1[C@H](c1ccc(C(=O)O)cc1C(F)(F)F)N2. The highest BCUT2D eigenvalue weighted by molar-refractivity contribution is 5.88. The Morgan fingerprint density at radius 1 is 1.15 bits per heavy atom. The number of anilines is 1. The number of carboxylic acid groups (broad SMARTS) is 1. The van der Waals surface area contributed by atoms with Crippen molar-refractivity contribution in [2.45, 2.75) is 31.5 Å². The molecule has 0 fully saturated rings. The first-order valence-electron chi connectivity index (χ1n) is 8.74. The average molecular weight is 373 g/mol. The minimum absolute atomic E-state index is 0.0453. The van der Waals surface area contributed by atoms with Crippen LogP contribution in [0, 0.1) is 12.8 Å². The lowest BCUT2D eigenvalue weighted by Gasteiger charge is -2.38. The molecule has 0 spiro atoms. The van der Waals surface area contributed by atoms with Crippen LogP contribution in [0.2, 0.25) is 0 Å². The Labute approximate surface area is 154 Å². The van der Waals surface area contributed by atoms with Gasteiger partial charge in [-0.25, -0.2) is 4.79 Å². The zero-order chi connectivity index (χ0) is 19.3. The molecule has 6 heteroatoms. The first-order chi connectivity index (χ1) is 12.8. The largest absolute Gasteiger partial charge is 0.478 e. The summed E-state index contributed by atoms with van der Waals surface area (Å²) in [7, 11) is 0. The highest BCUT2D eigenvalue weighted by Crippen LogP contribution is 2.51. The zero-order valence-corrected chi connectivity index (χ0v) is 14.5. The minimum Gasteiger partial charge on any atom is -0.478 e. The molecule has 0 saturated carbocycles. The molecule has 27 heavy (non-hydrogen) atoms. The van der Waals surface area contributed by atoms with Gasteiger partial charge >= 0.3 is 12.1 Å². The Morgan fingerprint density at radius 3 is 2.63 bits per heavy atom. The van der Waals surface area contributed by atoms with E-state index in [4.69, 9.17) is 5.11 Å². The van der Waals surface area contributed by atoms with Gasteiger partial charge in [0.1, 0.15) is 0 Å². The first-order valence-corrected chi connectivity index (χ1v) is 8.74. The standard InChI is InChI=1S/C21H18F3NO2/c1-11-5-8-18-16(9-11)13-3-2-4-14(13)19(25-18)15-7-6-12(20(26)27)10-17(15)21(22,23)24/h2-3,5-10,13-14,19,25H,4H2,1H3,(H,26,27)/t13-,14+,19-/m1/s1. The van der Waals surface area contributed by atoms with Gasteiger partial charge in [-0.1, -0.05) is 35.9 Å². The number of benzene rings is 2. The molecular formula is C21H18F3NO2. The van der Waals surface area contributed by atoms with Crippen LogP contribution >= 0.6 is 0 Å². The van der Waals surface area contributed by atoms with Crippen LogP contribution in [0.1, 0.15) is 51.0 Å². The molecule has 3 nitrogen and oxygen atoms in total. The van der Waals surface area contributed by atoms with Crippen molar-refractivity contribution in [1.29, 1.82) is 0 Å². The van der Waals surface area contributed by atoms with Crippen molar-refractivity contribution in [1.82, 2.24) is 0 Å². The first kappa shape index (κ1) is 17.6. The molecule has 1 aliphatic heterocycles. The number of fused-ring (bicyclic) bond motifs is 3. The summed E-state index contributed by atoms with van der Waals surface area (Å²) in [4.78, 5) is 11.2. The van der Waals surface area contributed by atoms with Crippen LogP contribution in [0.3, 0.4) is 0 Å². The van der Waals surface area contributed by atoms with Crippen molar-refractivity contribution < 1.29 is 23.1 Å². The van der Waals surface area contributed by atoms with Crippen LogP contribution in [-0.4, -0.2) is 11.1 Å². The molecule has 2 aromatic rings. The number of nitrogens with one attached hydrogen (secondary N) is 1. The van der Waals surface area contributed by atoms with Gasteiger partial charge in [-0.05, 0) is 48.6 Å². The van der Waals surface area contributed by atoms with Crippen molar-refractivity contribution in [3.8, 4) is 0 Å². The topological polar surface area (TPSA) is 49.3 Å². The van der Waals surface area contributed by atoms with Crippen molar-refractivity contribution >= 4 is 11.7 Å². The quantitative estimate of drug-likeness (QED) is 0.680. The van der Waals surface area contributed by atoms with Crippen molar-refractivity contribution in [2.24, 2.45) is 5.92 Å². The van der Waals surface area contributed by atoms with Gasteiger partial charge in [0, 0.05) is 11.6 Å². The number of halogens is 3. The van der Waals surface area contributed by atoms with Crippen molar-refractivity contribution in [3.63, 3.8) is 0 Å². The van der Waals surface area contributed by atoms with E-state index >= 15 is 0 Å². The fraction of sp³-hybridized carbons (Fsp3) is 0.286. The van der Waals surface area contributed by atoms with E-state index in [1.165, 1.54) is 12.1 Å². The molecule has 1 aliphatic carbocycles. The van der Waals surface area contributed by atoms with Gasteiger partial charge in [-0.15, -0.1) is 0 Å². The fourth-order valence-corrected chi connectivity index (χ4v) is 4.23. The molecule has 0 radical (unpaired) electrons. The van der Waals surface area contributed by atoms with Gasteiger partial charge in [0.15, 0.2) is 0 Å². The summed E-state index contributed by atoms with van der Waals surface area (Å²) in [6, 6.07) is 8.65. The summed E-state index contributed by atoms with van der Waals surface area (Å²) in [6.45, 7) is 1.99. The molecule has 0 aromatic heterocycles. The summed E-state index contributed by atoms with van der Waals surface area (Å²) < 4.78 is 41.1. The lowest BCUT2D eigenvalue weighted by atomic mass is 9.75. The molecule has 140 valence electrons. The number of hydrogen-bond donors (Lipinski definition) is 2. The van der Waals surface area contributed by atoms with Crippen molar-refractivity contribution in [2.75, 3.05) is 5.32 Å². The number of aromatic carboxylic acids is 1. The highest BCUT2D eigenvalue weighted by Gasteiger charge is 2.42. The van der Waals surface area contributed by atoms with E-state index in [-0.39, 0.29) is 23.0 Å². The van der Waals surface area contributed by atoms with E-state index in [1.807, 2.05) is 25.1 Å². The third-order valence-electron chi connectivity index (χ3n) is 5.46. The molecule has 2 aliphatic rings. The van der Waals surface area contributed by atoms with Crippen LogP contribution < -0.4 is 5.32 Å². The fourth-order valence-electron chi connectivity index (χ4n) is 4.23. The van der Waals surface area contributed by atoms with Crippen LogP contribution in [0.4, 0.5) is 18.9 Å². The molecule has 1 heterocycles. The molecule has 0 unspecified atom stereocenters. The van der Waals surface area contributed by atoms with Crippen molar-refractivity contribution in [3.05, 3.63) is 76.4 Å². The lowest BCUT2D eigenvalue weighted by molar-refractivity contribution is -0.138. The normalized spacial score (nSPS) is 23.5. The average Bonchev–Trinajstić information content (AvgIpc) is 3.10. The maximum Gasteiger partial charge on any atom is 0.416 e. The van der Waals surface area contributed by atoms with E-state index < -0.39 is 23.8 Å². The summed E-state index contributed by atoms with van der Waals surface area (Å²) in [6.07, 6.45) is 0.126. The van der Waals surface area contributed by atoms with Gasteiger partial charge in [0.05, 0.1) is 17.2 Å². The van der Waals surface area contributed by atoms with E-state index in [0.29, 0.717) is 6.42 Å². The Kier molecular flexibility index (Phi) is 4.02. The molecule has 3 atom stereocenters. The number of rotatable bonds is 2. The molecular weight excluding hydrogens is 355 g/mol. The third kappa shape index (κ3) is 2.99. The lowest BCUT2D eigenvalue weighted by Crippen LogP contribution is -2.31. The van der Waals surface area contributed by atoms with Gasteiger partial charge in [0.2, 0.25) is 0 Å². The molecule has 0 bridgehead atoms. The van der Waals surface area contributed by atoms with Crippen LogP contribution in [0.15, 0.2) is 48.6 Å². The van der Waals surface area contributed by atoms with E-state index in [0.717, 1.165) is 22.9 Å². The van der Waals surface area contributed by atoms with E-state index in [1.54, 1.807) is 0 Å². The second kappa shape index (κ2) is 6.15. The van der Waals surface area contributed by atoms with Crippen LogP contribution in [-0.2, 0) is 6.18 Å². The number of carboxylic acids is 1. The third-order valence-corrected chi connectivity index (χ3v) is 5.46. The Bertz CT molecular complexity index is 949. The summed E-state index contributed by atoms with van der Waals surface area (Å²) in [5.74, 6) is -1.37. The molecule has 2 N–H and O–H groups in total. The monoisotopic (exact) mass is 373 g/mol. The highest BCUT2D eigenvalue weighted by atomic mass is 19.4. The molecule has 0 amide bonds. The molecule has 0 saturated heterocycles. The summed E-state index contributed by atoms with van der Waals surface area (Å²) >= 11 is 0. The maximum atomic E-state index is 13.7. The van der Waals surface area contributed by atoms with Gasteiger partial charge in [0.25, 0.3) is 0 Å². The number of alkyl halides is 3. The zero-order valence-electron chi connectivity index (χ0n) is 14.5. The van der Waals surface area contributed by atoms with Crippen LogP contribution in [0.5, 0.6) is 0 Å². The number of hydrogen-bond acceptors (Lipinski definition) is 2. The van der Waals surface area contributed by atoms with Gasteiger partial charge in [-0.3, -0.25) is 0 Å². The van der Waals surface area contributed by atoms with Gasteiger partial charge in [-0.2, -0.15) is 13.2 Å². The van der Waals surface area contributed by atoms with E-state index in [2.05, 4.69) is 17.5 Å². The predicted molar refractivity (Wildman–Crippen MR) is 95.9 cm³/mol. The summed E-state index contributed by atoms with van der Waals surface area (Å²) in [5, 5.41) is 12.4. The Morgan fingerprint density at radius 2 is 1.93 bits per heavy atom. The Hall–Kier alpha value is -2.76. The van der Waals surface area contributed by atoms with Crippen LogP contribution in [0.25, 0.3) is 0 Å². The number of carbonyl (C=O) groups is 1. The minimum atomic E-state index is -4.63. The predicted octanol–water partition coefficient (Wildman–Crippen LogP) is 5.54. The second-order valence-electron chi connectivity index (χ2n) is 7.17. The Balaban J connectivity index is 1.84. The van der Waals surface area contributed by atoms with E-state index in [9.17, 15) is 18.0 Å².